The number of piperidine rings is 1. The van der Waals surface area contributed by atoms with Gasteiger partial charge >= 0.3 is 12.0 Å². The van der Waals surface area contributed by atoms with Crippen LogP contribution in [-0.4, -0.2) is 77.0 Å². The third-order valence-corrected chi connectivity index (χ3v) is 3.90. The lowest BCUT2D eigenvalue weighted by Crippen LogP contribution is -2.55. The number of urea groups is 1. The summed E-state index contributed by atoms with van der Waals surface area (Å²) in [4.78, 5) is 26.6. The molecule has 2 rings (SSSR count). The number of amides is 2. The van der Waals surface area contributed by atoms with Gasteiger partial charge in [0.15, 0.2) is 0 Å². The number of carboxylic acids is 1. The summed E-state index contributed by atoms with van der Waals surface area (Å²) in [5, 5.41) is 18.2. The van der Waals surface area contributed by atoms with Crippen molar-refractivity contribution in [2.45, 2.75) is 37.8 Å². The van der Waals surface area contributed by atoms with Crippen molar-refractivity contribution in [1.82, 2.24) is 9.80 Å². The number of rotatable bonds is 3. The monoisotopic (exact) mass is 286 g/mol. The molecule has 7 nitrogen and oxygen atoms in total. The maximum absolute atomic E-state index is 12.5. The van der Waals surface area contributed by atoms with Gasteiger partial charge in [0.25, 0.3) is 0 Å². The molecule has 2 aliphatic heterocycles. The number of carbonyl (C=O) groups excluding carboxylic acids is 1. The topological polar surface area (TPSA) is 90.3 Å². The first kappa shape index (κ1) is 15.1. The number of aliphatic carboxylic acids is 1. The molecule has 2 unspecified atom stereocenters. The maximum Gasteiger partial charge on any atom is 0.320 e. The molecule has 0 aromatic rings. The van der Waals surface area contributed by atoms with E-state index in [4.69, 9.17) is 9.84 Å². The van der Waals surface area contributed by atoms with Crippen LogP contribution in [0.2, 0.25) is 0 Å². The molecule has 20 heavy (non-hydrogen) atoms. The first-order valence-corrected chi connectivity index (χ1v) is 7.11. The molecule has 2 aliphatic rings. The van der Waals surface area contributed by atoms with Gasteiger partial charge in [0.2, 0.25) is 0 Å². The second-order valence-corrected chi connectivity index (χ2v) is 5.34. The first-order valence-electron chi connectivity index (χ1n) is 7.11. The molecule has 2 heterocycles. The standard InChI is InChI=1S/C13H22N2O5/c16-9-10-3-1-2-4-15(10)13(19)14-5-6-20-11(8-14)7-12(17)18/h10-11,16H,1-9H2,(H,17,18). The molecule has 0 aliphatic carbocycles. The molecule has 2 fully saturated rings. The summed E-state index contributed by atoms with van der Waals surface area (Å²) in [6.45, 7) is 1.78. The first-order chi connectivity index (χ1) is 9.61. The number of likely N-dealkylation sites (tertiary alicyclic amines) is 1. The lowest BCUT2D eigenvalue weighted by atomic mass is 10.0. The molecule has 0 aromatic carbocycles. The average Bonchev–Trinajstić information content (AvgIpc) is 2.46. The minimum Gasteiger partial charge on any atom is -0.481 e. The van der Waals surface area contributed by atoms with E-state index >= 15 is 0 Å². The van der Waals surface area contributed by atoms with E-state index in [1.807, 2.05) is 0 Å². The number of carboxylic acid groups (broad SMARTS) is 1. The average molecular weight is 286 g/mol. The number of carbonyl (C=O) groups is 2. The lowest BCUT2D eigenvalue weighted by molar-refractivity contribution is -0.141. The van der Waals surface area contributed by atoms with Crippen LogP contribution in [0.4, 0.5) is 4.79 Å². The van der Waals surface area contributed by atoms with Crippen LogP contribution in [0.5, 0.6) is 0 Å². The summed E-state index contributed by atoms with van der Waals surface area (Å²) in [5.41, 5.74) is 0. The van der Waals surface area contributed by atoms with Crippen LogP contribution in [-0.2, 0) is 9.53 Å². The third kappa shape index (κ3) is 3.61. The molecule has 0 radical (unpaired) electrons. The van der Waals surface area contributed by atoms with Gasteiger partial charge in [0, 0.05) is 19.6 Å². The van der Waals surface area contributed by atoms with E-state index in [-0.39, 0.29) is 25.1 Å². The van der Waals surface area contributed by atoms with Gasteiger partial charge in [-0.05, 0) is 19.3 Å². The minimum absolute atomic E-state index is 0.0192. The van der Waals surface area contributed by atoms with Crippen LogP contribution in [0.25, 0.3) is 0 Å². The van der Waals surface area contributed by atoms with Crippen LogP contribution in [0.1, 0.15) is 25.7 Å². The van der Waals surface area contributed by atoms with Gasteiger partial charge in [0.05, 0.1) is 31.8 Å². The fourth-order valence-corrected chi connectivity index (χ4v) is 2.84. The summed E-state index contributed by atoms with van der Waals surface area (Å²) >= 11 is 0. The predicted molar refractivity (Wildman–Crippen MR) is 70.4 cm³/mol. The summed E-state index contributed by atoms with van der Waals surface area (Å²) in [6.07, 6.45) is 2.27. The van der Waals surface area contributed by atoms with Crippen molar-refractivity contribution in [3.63, 3.8) is 0 Å². The largest absolute Gasteiger partial charge is 0.481 e. The number of ether oxygens (including phenoxy) is 1. The normalized spacial score (nSPS) is 27.4. The Morgan fingerprint density at radius 1 is 1.25 bits per heavy atom. The highest BCUT2D eigenvalue weighted by Gasteiger charge is 2.32. The van der Waals surface area contributed by atoms with Crippen molar-refractivity contribution in [1.29, 1.82) is 0 Å². The van der Waals surface area contributed by atoms with Crippen molar-refractivity contribution in [3.05, 3.63) is 0 Å². The Kier molecular flexibility index (Phi) is 5.19. The number of morpholine rings is 1. The quantitative estimate of drug-likeness (QED) is 0.769. The summed E-state index contributed by atoms with van der Waals surface area (Å²) < 4.78 is 5.37. The highest BCUT2D eigenvalue weighted by atomic mass is 16.5. The van der Waals surface area contributed by atoms with Crippen LogP contribution in [0.3, 0.4) is 0 Å². The second kappa shape index (κ2) is 6.90. The van der Waals surface area contributed by atoms with Crippen LogP contribution in [0.15, 0.2) is 0 Å². The number of aliphatic hydroxyl groups excluding tert-OH is 1. The van der Waals surface area contributed by atoms with Crippen molar-refractivity contribution in [3.8, 4) is 0 Å². The van der Waals surface area contributed by atoms with Crippen LogP contribution < -0.4 is 0 Å². The van der Waals surface area contributed by atoms with Crippen molar-refractivity contribution in [2.24, 2.45) is 0 Å². The van der Waals surface area contributed by atoms with E-state index in [1.54, 1.807) is 9.80 Å². The van der Waals surface area contributed by atoms with E-state index < -0.39 is 12.1 Å². The van der Waals surface area contributed by atoms with E-state index in [0.29, 0.717) is 26.2 Å². The van der Waals surface area contributed by atoms with E-state index in [2.05, 4.69) is 0 Å². The molecule has 7 heteroatoms. The molecule has 0 spiro atoms. The van der Waals surface area contributed by atoms with Gasteiger partial charge in [-0.25, -0.2) is 4.79 Å². The molecule has 2 saturated heterocycles. The zero-order valence-electron chi connectivity index (χ0n) is 11.5. The summed E-state index contributed by atoms with van der Waals surface area (Å²) in [7, 11) is 0. The Morgan fingerprint density at radius 2 is 2.05 bits per heavy atom. The van der Waals surface area contributed by atoms with Gasteiger partial charge in [-0.3, -0.25) is 4.79 Å². The number of aliphatic hydroxyl groups is 1. The van der Waals surface area contributed by atoms with Gasteiger partial charge in [-0.2, -0.15) is 0 Å². The molecular weight excluding hydrogens is 264 g/mol. The van der Waals surface area contributed by atoms with E-state index in [0.717, 1.165) is 19.3 Å². The number of hydrogen-bond donors (Lipinski definition) is 2. The molecule has 0 bridgehead atoms. The third-order valence-electron chi connectivity index (χ3n) is 3.90. The minimum atomic E-state index is -0.921. The summed E-state index contributed by atoms with van der Waals surface area (Å²) in [6, 6.07) is -0.223. The highest BCUT2D eigenvalue weighted by Crippen LogP contribution is 2.20. The van der Waals surface area contributed by atoms with Gasteiger partial charge in [-0.15, -0.1) is 0 Å². The Hall–Kier alpha value is -1.34. The van der Waals surface area contributed by atoms with Crippen LogP contribution in [0, 0.1) is 0 Å². The maximum atomic E-state index is 12.5. The SMILES string of the molecule is O=C(O)CC1CN(C(=O)N2CCCCC2CO)CCO1. The van der Waals surface area contributed by atoms with Gasteiger partial charge in [0.1, 0.15) is 0 Å². The van der Waals surface area contributed by atoms with E-state index in [9.17, 15) is 14.7 Å². The molecule has 2 amide bonds. The zero-order valence-corrected chi connectivity index (χ0v) is 11.5. The Bertz CT molecular complexity index is 363. The Labute approximate surface area is 118 Å². The number of hydrogen-bond acceptors (Lipinski definition) is 4. The van der Waals surface area contributed by atoms with Gasteiger partial charge < -0.3 is 24.7 Å². The number of nitrogens with zero attached hydrogens (tertiary/aromatic N) is 2. The molecule has 2 atom stereocenters. The zero-order chi connectivity index (χ0) is 14.5. The Balaban J connectivity index is 1.95. The van der Waals surface area contributed by atoms with Crippen molar-refractivity contribution in [2.75, 3.05) is 32.8 Å². The van der Waals surface area contributed by atoms with E-state index in [1.165, 1.54) is 0 Å². The molecular formula is C13H22N2O5. The molecule has 114 valence electrons. The Morgan fingerprint density at radius 3 is 2.75 bits per heavy atom. The summed E-state index contributed by atoms with van der Waals surface area (Å²) in [5.74, 6) is -0.921. The molecule has 2 N–H and O–H groups in total. The second-order valence-electron chi connectivity index (χ2n) is 5.34. The molecule has 0 aromatic heterocycles. The smallest absolute Gasteiger partial charge is 0.320 e. The van der Waals surface area contributed by atoms with Gasteiger partial charge in [-0.1, -0.05) is 0 Å². The van der Waals surface area contributed by atoms with Crippen molar-refractivity contribution < 1.29 is 24.5 Å². The lowest BCUT2D eigenvalue weighted by Gasteiger charge is -2.40. The predicted octanol–water partition coefficient (Wildman–Crippen LogP) is 0.129. The fraction of sp³-hybridized carbons (Fsp3) is 0.846. The highest BCUT2D eigenvalue weighted by molar-refractivity contribution is 5.75. The molecule has 0 saturated carbocycles. The fourth-order valence-electron chi connectivity index (χ4n) is 2.84. The van der Waals surface area contributed by atoms with Crippen LogP contribution >= 0.6 is 0 Å². The van der Waals surface area contributed by atoms with Crippen molar-refractivity contribution >= 4 is 12.0 Å².